The van der Waals surface area contributed by atoms with E-state index in [-0.39, 0.29) is 29.1 Å². The quantitative estimate of drug-likeness (QED) is 0.442. The van der Waals surface area contributed by atoms with Crippen molar-refractivity contribution in [2.24, 2.45) is 5.92 Å². The highest BCUT2D eigenvalue weighted by atomic mass is 35.5. The third-order valence-corrected chi connectivity index (χ3v) is 10.8. The Morgan fingerprint density at radius 1 is 1.00 bits per heavy atom. The van der Waals surface area contributed by atoms with Crippen LogP contribution in [0.25, 0.3) is 0 Å². The molecule has 3 atom stereocenters. The number of carbonyl (C=O) groups is 3. The molecule has 3 aliphatic rings. The van der Waals surface area contributed by atoms with E-state index in [4.69, 9.17) is 11.6 Å². The Bertz CT molecular complexity index is 1390. The highest BCUT2D eigenvalue weighted by Crippen LogP contribution is 2.54. The van der Waals surface area contributed by atoms with E-state index in [1.54, 1.807) is 24.3 Å². The van der Waals surface area contributed by atoms with Crippen LogP contribution < -0.4 is 9.77 Å². The number of likely N-dealkylation sites (tertiary alicyclic amines) is 1. The summed E-state index contributed by atoms with van der Waals surface area (Å²) in [4.78, 5) is 58.1. The molecule has 0 bridgehead atoms. The standard InChI is InChI=1S/C25H22ClN3O4S3/c26-14-6-8-15(9-7-14)29-22(31)19-18(16-5-4-12-34-16)21-24(35-20(19)23(29)32)28(25(33)36-21)13-17(30)27-10-2-1-3-11-27/h4-9,12,18-20H,1-3,10-11,13H2. The lowest BCUT2D eigenvalue weighted by Gasteiger charge is -2.30. The molecule has 7 nitrogen and oxygen atoms in total. The van der Waals surface area contributed by atoms with Gasteiger partial charge in [0.05, 0.1) is 16.6 Å². The Morgan fingerprint density at radius 3 is 2.44 bits per heavy atom. The Morgan fingerprint density at radius 2 is 1.75 bits per heavy atom. The number of aromatic nitrogens is 1. The van der Waals surface area contributed by atoms with Crippen LogP contribution in [-0.2, 0) is 20.9 Å². The Kier molecular flexibility index (Phi) is 6.31. The van der Waals surface area contributed by atoms with E-state index in [1.165, 1.54) is 32.6 Å². The second kappa shape index (κ2) is 9.48. The van der Waals surface area contributed by atoms with Gasteiger partial charge >= 0.3 is 4.87 Å². The van der Waals surface area contributed by atoms with Crippen LogP contribution in [0, 0.1) is 5.92 Å². The SMILES string of the molecule is O=C(Cn1c2c(sc1=O)C(c1cccs1)C1C(=O)N(c3ccc(Cl)cc3)C(=O)C1S2)N1CCCCC1. The zero-order valence-corrected chi connectivity index (χ0v) is 22.3. The Labute approximate surface area is 224 Å². The number of fused-ring (bicyclic) bond motifs is 2. The molecule has 0 saturated carbocycles. The normalized spacial score (nSPS) is 23.6. The highest BCUT2D eigenvalue weighted by molar-refractivity contribution is 8.00. The first-order valence-corrected chi connectivity index (χ1v) is 14.7. The first kappa shape index (κ1) is 24.0. The van der Waals surface area contributed by atoms with Gasteiger partial charge in [-0.05, 0) is 55.0 Å². The van der Waals surface area contributed by atoms with Crippen LogP contribution in [0.4, 0.5) is 5.69 Å². The number of benzene rings is 1. The monoisotopic (exact) mass is 559 g/mol. The fraction of sp³-hybridized carbons (Fsp3) is 0.360. The largest absolute Gasteiger partial charge is 0.341 e. The maximum absolute atomic E-state index is 13.7. The lowest BCUT2D eigenvalue weighted by molar-refractivity contribution is -0.133. The molecule has 6 rings (SSSR count). The van der Waals surface area contributed by atoms with Crippen LogP contribution in [0.2, 0.25) is 5.02 Å². The zero-order valence-electron chi connectivity index (χ0n) is 19.1. The average Bonchev–Trinajstić information content (AvgIpc) is 3.58. The fourth-order valence-electron chi connectivity index (χ4n) is 5.25. The number of thiazole rings is 1. The number of imide groups is 1. The van der Waals surface area contributed by atoms with Crippen molar-refractivity contribution in [1.82, 2.24) is 9.47 Å². The number of halogens is 1. The molecule has 1 aromatic carbocycles. The second-order valence-corrected chi connectivity index (χ2v) is 12.6. The van der Waals surface area contributed by atoms with E-state index in [2.05, 4.69) is 0 Å². The van der Waals surface area contributed by atoms with E-state index in [9.17, 15) is 19.2 Å². The van der Waals surface area contributed by atoms with Gasteiger partial charge in [-0.2, -0.15) is 0 Å². The summed E-state index contributed by atoms with van der Waals surface area (Å²) in [6.07, 6.45) is 3.05. The molecule has 11 heteroatoms. The van der Waals surface area contributed by atoms with Crippen LogP contribution in [-0.4, -0.2) is 45.5 Å². The van der Waals surface area contributed by atoms with Crippen LogP contribution in [0.15, 0.2) is 51.6 Å². The number of rotatable bonds is 4. The minimum absolute atomic E-state index is 0.0464. The molecule has 0 spiro atoms. The summed E-state index contributed by atoms with van der Waals surface area (Å²) in [5, 5.41) is 2.40. The number of amides is 3. The topological polar surface area (TPSA) is 79.7 Å². The van der Waals surface area contributed by atoms with Crippen LogP contribution >= 0.6 is 46.0 Å². The number of anilines is 1. The van der Waals surface area contributed by atoms with Gasteiger partial charge in [0.2, 0.25) is 17.7 Å². The van der Waals surface area contributed by atoms with Crippen LogP contribution in [0.3, 0.4) is 0 Å². The number of hydrogen-bond acceptors (Lipinski definition) is 7. The van der Waals surface area contributed by atoms with Crippen LogP contribution in [0.5, 0.6) is 0 Å². The molecular weight excluding hydrogens is 538 g/mol. The molecule has 0 N–H and O–H groups in total. The summed E-state index contributed by atoms with van der Waals surface area (Å²) in [5.41, 5.74) is 0.482. The average molecular weight is 560 g/mol. The molecule has 0 aliphatic carbocycles. The predicted octanol–water partition coefficient (Wildman–Crippen LogP) is 4.43. The number of carbonyl (C=O) groups excluding carboxylic acids is 3. The molecule has 3 unspecified atom stereocenters. The van der Waals surface area contributed by atoms with Crippen molar-refractivity contribution in [3.05, 3.63) is 66.2 Å². The zero-order chi connectivity index (χ0) is 25.0. The smallest absolute Gasteiger partial charge is 0.308 e. The van der Waals surface area contributed by atoms with Crippen molar-refractivity contribution in [2.45, 2.75) is 42.0 Å². The highest BCUT2D eigenvalue weighted by Gasteiger charge is 2.57. The number of hydrogen-bond donors (Lipinski definition) is 0. The van der Waals surface area contributed by atoms with Gasteiger partial charge < -0.3 is 4.90 Å². The summed E-state index contributed by atoms with van der Waals surface area (Å²) in [6, 6.07) is 10.5. The third-order valence-electron chi connectivity index (χ3n) is 6.99. The number of piperidine rings is 1. The van der Waals surface area contributed by atoms with Crippen molar-refractivity contribution in [2.75, 3.05) is 18.0 Å². The van der Waals surface area contributed by atoms with Crippen molar-refractivity contribution in [3.63, 3.8) is 0 Å². The third kappa shape index (κ3) is 3.95. The van der Waals surface area contributed by atoms with Gasteiger partial charge in [0.1, 0.15) is 11.8 Å². The van der Waals surface area contributed by atoms with E-state index < -0.39 is 17.1 Å². The van der Waals surface area contributed by atoms with Crippen molar-refractivity contribution in [1.29, 1.82) is 0 Å². The van der Waals surface area contributed by atoms with E-state index in [1.807, 2.05) is 22.4 Å². The van der Waals surface area contributed by atoms with Gasteiger partial charge in [0.15, 0.2) is 0 Å². The van der Waals surface area contributed by atoms with E-state index >= 15 is 0 Å². The first-order valence-electron chi connectivity index (χ1n) is 11.8. The summed E-state index contributed by atoms with van der Waals surface area (Å²) >= 11 is 9.87. The molecule has 2 saturated heterocycles. The summed E-state index contributed by atoms with van der Waals surface area (Å²) in [5.74, 6) is -1.71. The predicted molar refractivity (Wildman–Crippen MR) is 142 cm³/mol. The van der Waals surface area contributed by atoms with Crippen molar-refractivity contribution >= 4 is 69.4 Å². The molecule has 3 aliphatic heterocycles. The van der Waals surface area contributed by atoms with Gasteiger partial charge in [-0.3, -0.25) is 23.7 Å². The lowest BCUT2D eigenvalue weighted by Crippen LogP contribution is -2.39. The van der Waals surface area contributed by atoms with Crippen LogP contribution in [0.1, 0.15) is 34.9 Å². The molecule has 5 heterocycles. The molecule has 36 heavy (non-hydrogen) atoms. The van der Waals surface area contributed by atoms with Crippen molar-refractivity contribution < 1.29 is 14.4 Å². The molecule has 2 aromatic heterocycles. The minimum atomic E-state index is -0.682. The maximum Gasteiger partial charge on any atom is 0.308 e. The van der Waals surface area contributed by atoms with Gasteiger partial charge in [-0.25, -0.2) is 4.90 Å². The van der Waals surface area contributed by atoms with Gasteiger partial charge in [0, 0.05) is 33.8 Å². The Balaban J connectivity index is 1.41. The minimum Gasteiger partial charge on any atom is -0.341 e. The van der Waals surface area contributed by atoms with Gasteiger partial charge in [-0.1, -0.05) is 40.8 Å². The van der Waals surface area contributed by atoms with Gasteiger partial charge in [-0.15, -0.1) is 11.3 Å². The number of thioether (sulfide) groups is 1. The fourth-order valence-corrected chi connectivity index (χ4v) is 9.10. The van der Waals surface area contributed by atoms with E-state index in [0.29, 0.717) is 28.8 Å². The molecule has 3 amide bonds. The van der Waals surface area contributed by atoms with E-state index in [0.717, 1.165) is 40.4 Å². The molecule has 3 aromatic rings. The summed E-state index contributed by atoms with van der Waals surface area (Å²) in [6.45, 7) is 1.37. The first-order chi connectivity index (χ1) is 17.4. The number of nitrogens with zero attached hydrogens (tertiary/aromatic N) is 3. The lowest BCUT2D eigenvalue weighted by atomic mass is 9.87. The molecule has 0 radical (unpaired) electrons. The summed E-state index contributed by atoms with van der Waals surface area (Å²) in [7, 11) is 0. The molecule has 2 fully saturated rings. The second-order valence-electron chi connectivity index (χ2n) is 9.11. The van der Waals surface area contributed by atoms with Gasteiger partial charge in [0.25, 0.3) is 0 Å². The summed E-state index contributed by atoms with van der Waals surface area (Å²) < 4.78 is 1.52. The number of thiophene rings is 1. The Hall–Kier alpha value is -2.40. The maximum atomic E-state index is 13.7. The molecule has 186 valence electrons. The van der Waals surface area contributed by atoms with Crippen molar-refractivity contribution in [3.8, 4) is 0 Å². The molecular formula is C25H22ClN3O4S3.